The molecule has 38 heavy (non-hydrogen) atoms. The van der Waals surface area contributed by atoms with Crippen LogP contribution in [-0.2, 0) is 15.6 Å². The highest BCUT2D eigenvalue weighted by Crippen LogP contribution is 2.49. The van der Waals surface area contributed by atoms with Gasteiger partial charge in [0, 0.05) is 53.6 Å². The number of aliphatic hydroxyl groups is 1. The van der Waals surface area contributed by atoms with Gasteiger partial charge in [0.15, 0.2) is 11.5 Å². The molecule has 0 saturated heterocycles. The van der Waals surface area contributed by atoms with Crippen molar-refractivity contribution in [3.63, 3.8) is 0 Å². The summed E-state index contributed by atoms with van der Waals surface area (Å²) in [6.45, 7) is 12.6. The first-order valence-corrected chi connectivity index (χ1v) is 14.0. The number of allylic oxidation sites excluding steroid dienone is 2. The van der Waals surface area contributed by atoms with Gasteiger partial charge >= 0.3 is 0 Å². The average molecular weight is 513 g/mol. The van der Waals surface area contributed by atoms with E-state index in [4.69, 9.17) is 0 Å². The van der Waals surface area contributed by atoms with Gasteiger partial charge in [0.25, 0.3) is 0 Å². The number of ketones is 1. The Morgan fingerprint density at radius 3 is 2.34 bits per heavy atom. The first-order valence-electron chi connectivity index (χ1n) is 14.0. The zero-order valence-corrected chi connectivity index (χ0v) is 23.3. The van der Waals surface area contributed by atoms with E-state index in [2.05, 4.69) is 80.5 Å². The second-order valence-corrected chi connectivity index (χ2v) is 11.8. The standard InChI is InChI=1S/C33H40N2O3/c1-6-34-26-16-10-8-14-24(26)32(2,3)28(34)20-22-30(37)23(31(22)38)21-29-33(4,5)25-15-9-11-17-27(25)35(29)18-12-7-13-19-36/h8-11,14-17,20-21,23,30,36H,6-7,12-13,18-19H2,1-5H3. The minimum atomic E-state index is -1.07. The number of Topliss-reactive ketones (excluding diaryl/α,β-unsaturated/α-hetero) is 1. The first kappa shape index (κ1) is 26.6. The summed E-state index contributed by atoms with van der Waals surface area (Å²) in [5.74, 6) is -0.716. The fourth-order valence-electron chi connectivity index (χ4n) is 6.58. The predicted octanol–water partition coefficient (Wildman–Crippen LogP) is 4.78. The van der Waals surface area contributed by atoms with Crippen LogP contribution in [0.5, 0.6) is 0 Å². The van der Waals surface area contributed by atoms with Gasteiger partial charge in [-0.3, -0.25) is 4.79 Å². The molecular weight excluding hydrogens is 472 g/mol. The highest BCUT2D eigenvalue weighted by Gasteiger charge is 2.47. The third-order valence-electron chi connectivity index (χ3n) is 8.80. The van der Waals surface area contributed by atoms with E-state index < -0.39 is 12.0 Å². The van der Waals surface area contributed by atoms with E-state index in [0.717, 1.165) is 55.1 Å². The number of carbonyl (C=O) groups excluding carboxylic acids is 1. The number of nitrogens with zero attached hydrogens (tertiary/aromatic N) is 2. The van der Waals surface area contributed by atoms with Gasteiger partial charge in [0.2, 0.25) is 5.69 Å². The summed E-state index contributed by atoms with van der Waals surface area (Å²) in [7, 11) is 0. The maximum Gasteiger partial charge on any atom is 0.209 e. The van der Waals surface area contributed by atoms with E-state index in [1.807, 2.05) is 24.3 Å². The molecule has 2 aromatic carbocycles. The Kier molecular flexibility index (Phi) is 6.95. The van der Waals surface area contributed by atoms with Crippen molar-refractivity contribution >= 4 is 22.9 Å². The van der Waals surface area contributed by atoms with Crippen molar-refractivity contribution in [3.05, 3.63) is 83.1 Å². The van der Waals surface area contributed by atoms with Crippen molar-refractivity contribution < 1.29 is 19.6 Å². The number of hydrogen-bond donors (Lipinski definition) is 1. The Morgan fingerprint density at radius 1 is 0.974 bits per heavy atom. The SMILES string of the molecule is CC[N+]1=C(C=C2C(=O)C(C=C3N(CCCCCO)c4ccccc4C3(C)C)C2[O-])C(C)(C)c2ccccc21. The van der Waals surface area contributed by atoms with Crippen molar-refractivity contribution in [2.75, 3.05) is 24.6 Å². The monoisotopic (exact) mass is 512 g/mol. The van der Waals surface area contributed by atoms with Crippen LogP contribution in [0.4, 0.5) is 11.4 Å². The van der Waals surface area contributed by atoms with Crippen LogP contribution < -0.4 is 10.0 Å². The molecule has 3 aliphatic rings. The van der Waals surface area contributed by atoms with Gasteiger partial charge in [-0.25, -0.2) is 0 Å². The molecule has 2 aliphatic heterocycles. The zero-order valence-electron chi connectivity index (χ0n) is 23.3. The quantitative estimate of drug-likeness (QED) is 0.314. The topological polar surface area (TPSA) is 66.6 Å². The summed E-state index contributed by atoms with van der Waals surface area (Å²) < 4.78 is 2.24. The molecule has 0 amide bonds. The second-order valence-electron chi connectivity index (χ2n) is 11.8. The van der Waals surface area contributed by atoms with Gasteiger partial charge in [0.05, 0.1) is 5.41 Å². The average Bonchev–Trinajstić information content (AvgIpc) is 3.26. The molecule has 5 rings (SSSR count). The summed E-state index contributed by atoms with van der Waals surface area (Å²) in [6, 6.07) is 16.7. The third kappa shape index (κ3) is 4.07. The highest BCUT2D eigenvalue weighted by atomic mass is 16.3. The normalized spacial score (nSPS) is 25.2. The zero-order chi connectivity index (χ0) is 27.2. The Morgan fingerprint density at radius 2 is 1.66 bits per heavy atom. The van der Waals surface area contributed by atoms with Gasteiger partial charge in [-0.2, -0.15) is 4.58 Å². The summed E-state index contributed by atoms with van der Waals surface area (Å²) in [5, 5.41) is 22.8. The van der Waals surface area contributed by atoms with E-state index in [1.54, 1.807) is 0 Å². The van der Waals surface area contributed by atoms with E-state index in [1.165, 1.54) is 11.1 Å². The molecule has 2 aromatic rings. The minimum Gasteiger partial charge on any atom is -0.848 e. The highest BCUT2D eigenvalue weighted by molar-refractivity contribution is 6.14. The summed E-state index contributed by atoms with van der Waals surface area (Å²) in [6.07, 6.45) is 5.43. The van der Waals surface area contributed by atoms with Gasteiger partial charge < -0.3 is 15.1 Å². The Hall–Kier alpha value is -3.02. The number of unbranched alkanes of at least 4 members (excludes halogenated alkanes) is 2. The van der Waals surface area contributed by atoms with Crippen molar-refractivity contribution in [3.8, 4) is 0 Å². The molecule has 2 atom stereocenters. The molecule has 5 heteroatoms. The second kappa shape index (κ2) is 9.94. The van der Waals surface area contributed by atoms with Gasteiger partial charge in [0.1, 0.15) is 6.54 Å². The molecule has 2 heterocycles. The lowest BCUT2D eigenvalue weighted by molar-refractivity contribution is -0.433. The molecular formula is C33H40N2O3. The van der Waals surface area contributed by atoms with Gasteiger partial charge in [-0.05, 0) is 57.2 Å². The summed E-state index contributed by atoms with van der Waals surface area (Å²) >= 11 is 0. The van der Waals surface area contributed by atoms with E-state index in [-0.39, 0.29) is 23.2 Å². The largest absolute Gasteiger partial charge is 0.848 e. The molecule has 1 aliphatic carbocycles. The number of fused-ring (bicyclic) bond motifs is 2. The third-order valence-corrected chi connectivity index (χ3v) is 8.80. The molecule has 1 N–H and O–H groups in total. The summed E-state index contributed by atoms with van der Waals surface area (Å²) in [4.78, 5) is 15.8. The van der Waals surface area contributed by atoms with Crippen molar-refractivity contribution in [2.45, 2.75) is 70.8 Å². The number of hydrogen-bond acceptors (Lipinski definition) is 4. The molecule has 1 fully saturated rings. The Bertz CT molecular complexity index is 1350. The lowest BCUT2D eigenvalue weighted by Gasteiger charge is -2.43. The fraction of sp³-hybridized carbons (Fsp3) is 0.455. The molecule has 200 valence electrons. The van der Waals surface area contributed by atoms with E-state index >= 15 is 0 Å². The number of para-hydroxylation sites is 2. The maximum atomic E-state index is 13.6. The minimum absolute atomic E-state index is 0.0557. The number of benzene rings is 2. The van der Waals surface area contributed by atoms with Crippen LogP contribution >= 0.6 is 0 Å². The molecule has 0 aromatic heterocycles. The fourth-order valence-corrected chi connectivity index (χ4v) is 6.58. The number of rotatable bonds is 8. The summed E-state index contributed by atoms with van der Waals surface area (Å²) in [5.41, 5.74) is 6.64. The lowest BCUT2D eigenvalue weighted by Crippen LogP contribution is -2.53. The lowest BCUT2D eigenvalue weighted by atomic mass is 9.71. The molecule has 0 spiro atoms. The van der Waals surface area contributed by atoms with Crippen molar-refractivity contribution in [1.29, 1.82) is 0 Å². The molecule has 2 unspecified atom stereocenters. The van der Waals surface area contributed by atoms with Crippen LogP contribution in [0, 0.1) is 5.92 Å². The Balaban J connectivity index is 1.46. The Labute approximate surface area is 226 Å². The van der Waals surface area contributed by atoms with Crippen molar-refractivity contribution in [2.24, 2.45) is 5.92 Å². The van der Waals surface area contributed by atoms with Crippen LogP contribution in [0.25, 0.3) is 0 Å². The molecule has 5 nitrogen and oxygen atoms in total. The smallest absolute Gasteiger partial charge is 0.209 e. The molecule has 0 radical (unpaired) electrons. The van der Waals surface area contributed by atoms with E-state index in [0.29, 0.717) is 5.57 Å². The van der Waals surface area contributed by atoms with Crippen LogP contribution in [0.3, 0.4) is 0 Å². The van der Waals surface area contributed by atoms with Gasteiger partial charge in [-0.1, -0.05) is 62.4 Å². The van der Waals surface area contributed by atoms with Gasteiger partial charge in [-0.15, -0.1) is 0 Å². The predicted molar refractivity (Wildman–Crippen MR) is 151 cm³/mol. The van der Waals surface area contributed by atoms with Crippen LogP contribution in [-0.4, -0.2) is 47.0 Å². The number of anilines is 1. The number of aliphatic hydroxyl groups excluding tert-OH is 1. The van der Waals surface area contributed by atoms with Crippen LogP contribution in [0.1, 0.15) is 65.0 Å². The number of carbonyl (C=O) groups is 1. The molecule has 0 bridgehead atoms. The first-order chi connectivity index (χ1) is 18.1. The maximum absolute atomic E-state index is 13.6. The van der Waals surface area contributed by atoms with Crippen LogP contribution in [0.15, 0.2) is 72.0 Å². The van der Waals surface area contributed by atoms with E-state index in [9.17, 15) is 15.0 Å². The molecule has 1 saturated carbocycles. The van der Waals surface area contributed by atoms with Crippen molar-refractivity contribution in [1.82, 2.24) is 0 Å². The van der Waals surface area contributed by atoms with Crippen LogP contribution in [0.2, 0.25) is 0 Å².